The molecule has 0 aromatic heterocycles. The highest BCUT2D eigenvalue weighted by Crippen LogP contribution is 2.45. The summed E-state index contributed by atoms with van der Waals surface area (Å²) in [6.07, 6.45) is -1.03. The largest absolute Gasteiger partial charge is 0.367 e. The monoisotopic (exact) mass is 314 g/mol. The molecule has 0 spiro atoms. The molecule has 5 nitrogen and oxygen atoms in total. The number of ether oxygens (including phenoxy) is 3. The van der Waals surface area contributed by atoms with Gasteiger partial charge in [-0.05, 0) is 0 Å². The number of hydrogen-bond donors (Lipinski definition) is 2. The smallest absolute Gasteiger partial charge is 0.225 e. The van der Waals surface area contributed by atoms with Gasteiger partial charge < -0.3 is 24.4 Å². The lowest BCUT2D eigenvalue weighted by atomic mass is 9.98. The second-order valence-corrected chi connectivity index (χ2v) is 5.87. The van der Waals surface area contributed by atoms with E-state index in [9.17, 15) is 10.2 Å². The van der Waals surface area contributed by atoms with Crippen LogP contribution in [0.1, 0.15) is 11.1 Å². The van der Waals surface area contributed by atoms with E-state index in [1.165, 1.54) is 0 Å². The fourth-order valence-corrected chi connectivity index (χ4v) is 2.76. The van der Waals surface area contributed by atoms with E-state index < -0.39 is 23.8 Å². The van der Waals surface area contributed by atoms with Gasteiger partial charge in [-0.1, -0.05) is 60.7 Å². The molecule has 2 saturated heterocycles. The molecule has 0 radical (unpaired) electrons. The molecule has 2 aliphatic heterocycles. The van der Waals surface area contributed by atoms with E-state index in [0.29, 0.717) is 24.3 Å². The van der Waals surface area contributed by atoms with Gasteiger partial charge in [0.25, 0.3) is 0 Å². The van der Waals surface area contributed by atoms with Crippen molar-refractivity contribution in [3.8, 4) is 0 Å². The maximum Gasteiger partial charge on any atom is 0.225 e. The van der Waals surface area contributed by atoms with Crippen LogP contribution in [0.25, 0.3) is 0 Å². The quantitative estimate of drug-likeness (QED) is 0.624. The summed E-state index contributed by atoms with van der Waals surface area (Å²) < 4.78 is 16.5. The molecule has 0 bridgehead atoms. The van der Waals surface area contributed by atoms with Gasteiger partial charge in [-0.3, -0.25) is 0 Å². The number of aliphatic hydroxyl groups is 2. The van der Waals surface area contributed by atoms with Gasteiger partial charge in [-0.15, -0.1) is 0 Å². The first-order chi connectivity index (χ1) is 11.1. The molecule has 5 heteroatoms. The summed E-state index contributed by atoms with van der Waals surface area (Å²) in [5, 5.41) is 22.3. The van der Waals surface area contributed by atoms with Crippen LogP contribution >= 0.6 is 0 Å². The van der Waals surface area contributed by atoms with Gasteiger partial charge in [-0.25, -0.2) is 0 Å². The molecule has 2 aliphatic rings. The van der Waals surface area contributed by atoms with Crippen molar-refractivity contribution in [2.24, 2.45) is 0 Å². The highest BCUT2D eigenvalue weighted by molar-refractivity contribution is 5.26. The molecule has 120 valence electrons. The predicted octanol–water partition coefficient (Wildman–Crippen LogP) is 1.49. The first-order valence-electron chi connectivity index (χ1n) is 7.62. The lowest BCUT2D eigenvalue weighted by Gasteiger charge is -2.37. The van der Waals surface area contributed by atoms with Gasteiger partial charge in [0.1, 0.15) is 12.2 Å². The van der Waals surface area contributed by atoms with Crippen LogP contribution in [0.2, 0.25) is 0 Å². The maximum atomic E-state index is 11.1. The van der Waals surface area contributed by atoms with E-state index in [1.807, 2.05) is 12.1 Å². The minimum atomic E-state index is -1.74. The average Bonchev–Trinajstić information content (AvgIpc) is 3.48. The second kappa shape index (κ2) is 5.40. The molecule has 0 aliphatic carbocycles. The van der Waals surface area contributed by atoms with Crippen molar-refractivity contribution in [2.45, 2.75) is 23.8 Å². The predicted molar refractivity (Wildman–Crippen MR) is 81.2 cm³/mol. The zero-order valence-corrected chi connectivity index (χ0v) is 12.5. The van der Waals surface area contributed by atoms with Gasteiger partial charge in [0.05, 0.1) is 13.2 Å². The Morgan fingerprint density at radius 1 is 0.739 bits per heavy atom. The maximum absolute atomic E-state index is 11.1. The number of epoxide rings is 2. The van der Waals surface area contributed by atoms with Crippen molar-refractivity contribution < 1.29 is 24.4 Å². The molecule has 2 aromatic carbocycles. The standard InChI is InChI=1S/C18H18O5/c19-17(15-11-21-15,13-7-3-1-4-8-13)23-18(20,16-12-22-16)14-9-5-2-6-10-14/h1-10,15-16,19-20H,11-12H2. The summed E-state index contributed by atoms with van der Waals surface area (Å²) in [5.74, 6) is -3.48. The van der Waals surface area contributed by atoms with Gasteiger partial charge in [0.15, 0.2) is 0 Å². The van der Waals surface area contributed by atoms with E-state index in [-0.39, 0.29) is 0 Å². The van der Waals surface area contributed by atoms with Crippen LogP contribution in [0.3, 0.4) is 0 Å². The Labute approximate surface area is 134 Å². The van der Waals surface area contributed by atoms with Gasteiger partial charge in [0, 0.05) is 11.1 Å². The Balaban J connectivity index is 1.73. The van der Waals surface area contributed by atoms with Crippen LogP contribution in [0.15, 0.2) is 60.7 Å². The number of benzene rings is 2. The van der Waals surface area contributed by atoms with E-state index in [4.69, 9.17) is 14.2 Å². The molecule has 4 atom stereocenters. The molecule has 2 heterocycles. The van der Waals surface area contributed by atoms with Gasteiger partial charge in [0.2, 0.25) is 11.6 Å². The van der Waals surface area contributed by atoms with Gasteiger partial charge in [-0.2, -0.15) is 0 Å². The Kier molecular flexibility index (Phi) is 3.48. The van der Waals surface area contributed by atoms with Crippen molar-refractivity contribution in [1.82, 2.24) is 0 Å². The summed E-state index contributed by atoms with van der Waals surface area (Å²) in [7, 11) is 0. The van der Waals surface area contributed by atoms with Crippen LogP contribution in [-0.2, 0) is 25.8 Å². The molecule has 2 fully saturated rings. The number of hydrogen-bond acceptors (Lipinski definition) is 5. The Morgan fingerprint density at radius 2 is 1.09 bits per heavy atom. The van der Waals surface area contributed by atoms with Crippen molar-refractivity contribution in [3.05, 3.63) is 71.8 Å². The topological polar surface area (TPSA) is 74.8 Å². The summed E-state index contributed by atoms with van der Waals surface area (Å²) in [4.78, 5) is 0. The van der Waals surface area contributed by atoms with Crippen molar-refractivity contribution >= 4 is 0 Å². The highest BCUT2D eigenvalue weighted by Gasteiger charge is 2.58. The molecule has 2 N–H and O–H groups in total. The third-order valence-corrected chi connectivity index (χ3v) is 4.23. The van der Waals surface area contributed by atoms with E-state index in [0.717, 1.165) is 0 Å². The van der Waals surface area contributed by atoms with E-state index in [2.05, 4.69) is 0 Å². The second-order valence-electron chi connectivity index (χ2n) is 5.87. The fourth-order valence-electron chi connectivity index (χ4n) is 2.76. The van der Waals surface area contributed by atoms with Gasteiger partial charge >= 0.3 is 0 Å². The van der Waals surface area contributed by atoms with Crippen molar-refractivity contribution in [2.75, 3.05) is 13.2 Å². The van der Waals surface area contributed by atoms with Crippen molar-refractivity contribution in [3.63, 3.8) is 0 Å². The van der Waals surface area contributed by atoms with Crippen LogP contribution < -0.4 is 0 Å². The third kappa shape index (κ3) is 2.67. The summed E-state index contributed by atoms with van der Waals surface area (Å²) in [6, 6.07) is 17.9. The normalized spacial score (nSPS) is 27.7. The lowest BCUT2D eigenvalue weighted by molar-refractivity contribution is -0.360. The van der Waals surface area contributed by atoms with E-state index in [1.54, 1.807) is 48.5 Å². The Bertz CT molecular complexity index is 609. The van der Waals surface area contributed by atoms with Crippen LogP contribution in [0, 0.1) is 0 Å². The highest BCUT2D eigenvalue weighted by atomic mass is 16.8. The van der Waals surface area contributed by atoms with E-state index >= 15 is 0 Å². The van der Waals surface area contributed by atoms with Crippen LogP contribution in [0.4, 0.5) is 0 Å². The Hall–Kier alpha value is -1.76. The molecular formula is C18H18O5. The first kappa shape index (κ1) is 14.8. The zero-order chi connectivity index (χ0) is 15.9. The molecule has 4 rings (SSSR count). The van der Waals surface area contributed by atoms with Crippen LogP contribution in [0.5, 0.6) is 0 Å². The molecule has 0 amide bonds. The minimum Gasteiger partial charge on any atom is -0.367 e. The first-order valence-corrected chi connectivity index (χ1v) is 7.62. The molecule has 23 heavy (non-hydrogen) atoms. The molecule has 0 saturated carbocycles. The minimum absolute atomic E-state index is 0.377. The molecule has 2 aromatic rings. The Morgan fingerprint density at radius 3 is 1.39 bits per heavy atom. The lowest BCUT2D eigenvalue weighted by Crippen LogP contribution is -2.47. The summed E-state index contributed by atoms with van der Waals surface area (Å²) in [6.45, 7) is 0.754. The SMILES string of the molecule is OC(OC(O)(c1ccccc1)C1CO1)(c1ccccc1)C1CO1. The van der Waals surface area contributed by atoms with Crippen molar-refractivity contribution in [1.29, 1.82) is 0 Å². The van der Waals surface area contributed by atoms with Crippen LogP contribution in [-0.4, -0.2) is 35.6 Å². The average molecular weight is 314 g/mol. The zero-order valence-electron chi connectivity index (χ0n) is 12.5. The molecule has 4 unspecified atom stereocenters. The summed E-state index contributed by atoms with van der Waals surface area (Å²) >= 11 is 0. The summed E-state index contributed by atoms with van der Waals surface area (Å²) in [5.41, 5.74) is 1.08. The fraction of sp³-hybridized carbons (Fsp3) is 0.333. The molecular weight excluding hydrogens is 296 g/mol. The third-order valence-electron chi connectivity index (χ3n) is 4.23. The number of rotatable bonds is 6.